The van der Waals surface area contributed by atoms with Crippen LogP contribution in [0.25, 0.3) is 0 Å². The van der Waals surface area contributed by atoms with Gasteiger partial charge in [-0.15, -0.1) is 35.3 Å². The summed E-state index contributed by atoms with van der Waals surface area (Å²) < 4.78 is 0. The van der Waals surface area contributed by atoms with Crippen LogP contribution in [0.3, 0.4) is 0 Å². The highest BCUT2D eigenvalue weighted by molar-refractivity contribution is 14.0. The highest BCUT2D eigenvalue weighted by Crippen LogP contribution is 2.15. The number of anilines is 1. The van der Waals surface area contributed by atoms with E-state index in [1.807, 2.05) is 36.2 Å². The molecule has 1 saturated heterocycles. The maximum Gasteiger partial charge on any atom is 0.244 e. The first kappa shape index (κ1) is 24.4. The van der Waals surface area contributed by atoms with Crippen molar-refractivity contribution in [3.63, 3.8) is 0 Å². The van der Waals surface area contributed by atoms with Crippen LogP contribution in [-0.4, -0.2) is 61.0 Å². The largest absolute Gasteiger partial charge is 0.368 e. The molecule has 2 heterocycles. The number of carbonyl (C=O) groups excluding carboxylic acids is 1. The zero-order chi connectivity index (χ0) is 20.5. The number of benzene rings is 1. The highest BCUT2D eigenvalue weighted by Gasteiger charge is 2.21. The van der Waals surface area contributed by atoms with Crippen LogP contribution in [0, 0.1) is 0 Å². The number of hydrogen-bond donors (Lipinski definition) is 2. The van der Waals surface area contributed by atoms with E-state index in [0.717, 1.165) is 44.2 Å². The van der Waals surface area contributed by atoms with E-state index in [9.17, 15) is 4.79 Å². The molecular formula is C21H31IN6OS. The van der Waals surface area contributed by atoms with Gasteiger partial charge in [0, 0.05) is 49.5 Å². The summed E-state index contributed by atoms with van der Waals surface area (Å²) in [4.78, 5) is 27.0. The van der Waals surface area contributed by atoms with Crippen molar-refractivity contribution in [2.45, 2.75) is 26.8 Å². The third kappa shape index (κ3) is 7.12. The molecule has 1 aromatic carbocycles. The topological polar surface area (TPSA) is 72.9 Å². The fourth-order valence-corrected chi connectivity index (χ4v) is 4.00. The van der Waals surface area contributed by atoms with Gasteiger partial charge in [-0.2, -0.15) is 0 Å². The van der Waals surface area contributed by atoms with Gasteiger partial charge in [0.2, 0.25) is 5.91 Å². The zero-order valence-electron chi connectivity index (χ0n) is 17.6. The fraction of sp³-hybridized carbons (Fsp3) is 0.476. The number of nitrogens with one attached hydrogen (secondary N) is 2. The number of aromatic nitrogens is 1. The lowest BCUT2D eigenvalue weighted by Gasteiger charge is -2.36. The number of halogens is 1. The van der Waals surface area contributed by atoms with Crippen LogP contribution >= 0.6 is 35.3 Å². The van der Waals surface area contributed by atoms with Crippen LogP contribution in [0.4, 0.5) is 5.69 Å². The van der Waals surface area contributed by atoms with Crippen LogP contribution in [-0.2, 0) is 17.8 Å². The number of piperazine rings is 1. The summed E-state index contributed by atoms with van der Waals surface area (Å²) >= 11 is 1.70. The summed E-state index contributed by atoms with van der Waals surface area (Å²) in [7, 11) is 0. The summed E-state index contributed by atoms with van der Waals surface area (Å²) in [6, 6.07) is 10.3. The Morgan fingerprint density at radius 2 is 1.87 bits per heavy atom. The van der Waals surface area contributed by atoms with E-state index in [0.29, 0.717) is 12.5 Å². The molecule has 3 rings (SSSR count). The van der Waals surface area contributed by atoms with E-state index in [2.05, 4.69) is 44.6 Å². The molecule has 2 aromatic rings. The van der Waals surface area contributed by atoms with Crippen molar-refractivity contribution < 1.29 is 4.79 Å². The molecule has 0 radical (unpaired) electrons. The normalized spacial score (nSPS) is 14.3. The lowest BCUT2D eigenvalue weighted by Crippen LogP contribution is -2.49. The first-order valence-electron chi connectivity index (χ1n) is 10.2. The maximum absolute atomic E-state index is 12.6. The maximum atomic E-state index is 12.6. The van der Waals surface area contributed by atoms with Gasteiger partial charge in [-0.1, -0.05) is 25.1 Å². The average molecular weight is 542 g/mol. The summed E-state index contributed by atoms with van der Waals surface area (Å²) in [6.45, 7) is 8.80. The lowest BCUT2D eigenvalue weighted by atomic mass is 10.2. The minimum Gasteiger partial charge on any atom is -0.368 e. The van der Waals surface area contributed by atoms with Gasteiger partial charge in [-0.3, -0.25) is 4.79 Å². The minimum atomic E-state index is 0. The number of aliphatic imine (C=N–C) groups is 1. The average Bonchev–Trinajstić information content (AvgIpc) is 3.24. The van der Waals surface area contributed by atoms with Crippen molar-refractivity contribution in [3.05, 3.63) is 46.4 Å². The summed E-state index contributed by atoms with van der Waals surface area (Å²) in [6.07, 6.45) is 2.92. The van der Waals surface area contributed by atoms with Crippen LogP contribution < -0.4 is 15.5 Å². The number of guanidine groups is 1. The second-order valence-corrected chi connectivity index (χ2v) is 8.03. The number of thiazole rings is 1. The Bertz CT molecular complexity index is 805. The Balaban J connectivity index is 0.00000320. The third-order valence-electron chi connectivity index (χ3n) is 4.83. The molecule has 0 unspecified atom stereocenters. The Labute approximate surface area is 200 Å². The van der Waals surface area contributed by atoms with Crippen molar-refractivity contribution in [1.82, 2.24) is 20.5 Å². The molecule has 9 heteroatoms. The van der Waals surface area contributed by atoms with E-state index in [4.69, 9.17) is 0 Å². The Kier molecular flexibility index (Phi) is 10.4. The molecule has 7 nitrogen and oxygen atoms in total. The van der Waals surface area contributed by atoms with Gasteiger partial charge in [0.15, 0.2) is 5.96 Å². The third-order valence-corrected chi connectivity index (χ3v) is 5.97. The number of para-hydroxylation sites is 1. The fourth-order valence-electron chi connectivity index (χ4n) is 3.19. The van der Waals surface area contributed by atoms with Crippen LogP contribution in [0.15, 0.2) is 41.5 Å². The van der Waals surface area contributed by atoms with Crippen molar-refractivity contribution in [2.75, 3.05) is 44.2 Å². The van der Waals surface area contributed by atoms with Crippen LogP contribution in [0.2, 0.25) is 0 Å². The first-order chi connectivity index (χ1) is 14.2. The highest BCUT2D eigenvalue weighted by atomic mass is 127. The van der Waals surface area contributed by atoms with Crippen LogP contribution in [0.5, 0.6) is 0 Å². The molecule has 2 N–H and O–H groups in total. The van der Waals surface area contributed by atoms with Gasteiger partial charge >= 0.3 is 0 Å². The number of amides is 1. The molecule has 164 valence electrons. The SMILES string of the molecule is CCNC(=NCC(=O)N1CCN(c2ccccc2)CC1)NCc1ncc(CC)s1.I. The summed E-state index contributed by atoms with van der Waals surface area (Å²) in [5.41, 5.74) is 1.21. The van der Waals surface area contributed by atoms with Crippen molar-refractivity contribution in [2.24, 2.45) is 4.99 Å². The number of carbonyl (C=O) groups is 1. The molecule has 1 aliphatic heterocycles. The van der Waals surface area contributed by atoms with E-state index in [1.165, 1.54) is 10.6 Å². The van der Waals surface area contributed by atoms with Crippen molar-refractivity contribution in [3.8, 4) is 0 Å². The number of hydrogen-bond acceptors (Lipinski definition) is 5. The quantitative estimate of drug-likeness (QED) is 0.320. The second kappa shape index (κ2) is 12.7. The Morgan fingerprint density at radius 3 is 2.50 bits per heavy atom. The molecule has 0 aliphatic carbocycles. The zero-order valence-corrected chi connectivity index (χ0v) is 20.8. The van der Waals surface area contributed by atoms with Crippen molar-refractivity contribution in [1.29, 1.82) is 0 Å². The second-order valence-electron chi connectivity index (χ2n) is 6.83. The number of aryl methyl sites for hydroxylation is 1. The predicted molar refractivity (Wildman–Crippen MR) is 135 cm³/mol. The van der Waals surface area contributed by atoms with E-state index < -0.39 is 0 Å². The van der Waals surface area contributed by atoms with Gasteiger partial charge in [0.05, 0.1) is 6.54 Å². The molecule has 0 atom stereocenters. The molecule has 1 aromatic heterocycles. The molecule has 1 amide bonds. The van der Waals surface area contributed by atoms with Gasteiger partial charge < -0.3 is 20.4 Å². The Hall–Kier alpha value is -1.88. The first-order valence-corrected chi connectivity index (χ1v) is 11.0. The van der Waals surface area contributed by atoms with Gasteiger partial charge in [-0.05, 0) is 25.5 Å². The molecule has 1 fully saturated rings. The van der Waals surface area contributed by atoms with Crippen molar-refractivity contribution >= 4 is 52.9 Å². The molecule has 1 aliphatic rings. The van der Waals surface area contributed by atoms with Gasteiger partial charge in [0.25, 0.3) is 0 Å². The van der Waals surface area contributed by atoms with Gasteiger partial charge in [-0.25, -0.2) is 9.98 Å². The lowest BCUT2D eigenvalue weighted by molar-refractivity contribution is -0.129. The molecular weight excluding hydrogens is 511 g/mol. The number of nitrogens with zero attached hydrogens (tertiary/aromatic N) is 4. The van der Waals surface area contributed by atoms with E-state index >= 15 is 0 Å². The van der Waals surface area contributed by atoms with Crippen LogP contribution in [0.1, 0.15) is 23.7 Å². The standard InChI is InChI=1S/C21H30N6OS.HI/c1-3-18-14-23-19(29-18)15-24-21(22-4-2)25-16-20(28)27-12-10-26(11-13-27)17-8-6-5-7-9-17;/h5-9,14H,3-4,10-13,15-16H2,1-2H3,(H2,22,24,25);1H. The number of rotatable bonds is 7. The molecule has 0 bridgehead atoms. The minimum absolute atomic E-state index is 0. The monoisotopic (exact) mass is 542 g/mol. The summed E-state index contributed by atoms with van der Waals surface area (Å²) in [5, 5.41) is 7.49. The van der Waals surface area contributed by atoms with E-state index in [-0.39, 0.29) is 36.4 Å². The predicted octanol–water partition coefficient (Wildman–Crippen LogP) is 2.73. The van der Waals surface area contributed by atoms with E-state index in [1.54, 1.807) is 11.3 Å². The Morgan fingerprint density at radius 1 is 1.13 bits per heavy atom. The summed E-state index contributed by atoms with van der Waals surface area (Å²) in [5.74, 6) is 0.717. The van der Waals surface area contributed by atoms with Gasteiger partial charge in [0.1, 0.15) is 11.6 Å². The molecule has 0 saturated carbocycles. The molecule has 0 spiro atoms. The molecule has 30 heavy (non-hydrogen) atoms. The smallest absolute Gasteiger partial charge is 0.244 e.